The van der Waals surface area contributed by atoms with Crippen LogP contribution in [0.5, 0.6) is 0 Å². The maximum Gasteiger partial charge on any atom is 0.0238 e. The Morgan fingerprint density at radius 2 is 1.59 bits per heavy atom. The lowest BCUT2D eigenvalue weighted by Gasteiger charge is -2.44. The van der Waals surface area contributed by atoms with E-state index in [2.05, 4.69) is 32.7 Å². The summed E-state index contributed by atoms with van der Waals surface area (Å²) in [5, 5.41) is 10.1. The van der Waals surface area contributed by atoms with E-state index in [1.54, 1.807) is 0 Å². The first kappa shape index (κ1) is 14.9. The van der Waals surface area contributed by atoms with E-state index in [1.807, 2.05) is 0 Å². The Labute approximate surface area is 107 Å². The van der Waals surface area contributed by atoms with Gasteiger partial charge in [-0.1, -0.05) is 13.3 Å². The third kappa shape index (κ3) is 4.57. The zero-order chi connectivity index (χ0) is 12.9. The average Bonchev–Trinajstić information content (AvgIpc) is 2.28. The summed E-state index contributed by atoms with van der Waals surface area (Å²) in [6.07, 6.45) is 6.39. The molecule has 0 saturated carbocycles. The Morgan fingerprint density at radius 1 is 1.00 bits per heavy atom. The number of nitrogens with zero attached hydrogens (tertiary/aromatic N) is 2. The summed E-state index contributed by atoms with van der Waals surface area (Å²) >= 11 is 0. The lowest BCUT2D eigenvalue weighted by molar-refractivity contribution is -0.103. The molecule has 0 spiro atoms. The molecule has 0 aliphatic carbocycles. The van der Waals surface area contributed by atoms with Gasteiger partial charge in [-0.2, -0.15) is 5.06 Å². The lowest BCUT2D eigenvalue weighted by Crippen LogP contribution is -2.49. The molecule has 3 heteroatoms. The molecule has 0 amide bonds. The number of likely N-dealkylation sites (tertiary alicyclic amines) is 1. The minimum Gasteiger partial charge on any atom is -0.314 e. The van der Waals surface area contributed by atoms with E-state index in [9.17, 15) is 0 Å². The van der Waals surface area contributed by atoms with Gasteiger partial charge in [0.25, 0.3) is 0 Å². The van der Waals surface area contributed by atoms with Gasteiger partial charge in [-0.3, -0.25) is 0 Å². The van der Waals surface area contributed by atoms with Crippen LogP contribution in [0.4, 0.5) is 0 Å². The van der Waals surface area contributed by atoms with E-state index in [-0.39, 0.29) is 0 Å². The summed E-state index contributed by atoms with van der Waals surface area (Å²) in [5.74, 6) is 0.853. The van der Waals surface area contributed by atoms with E-state index in [0.717, 1.165) is 31.8 Å². The van der Waals surface area contributed by atoms with Crippen LogP contribution in [0.15, 0.2) is 0 Å². The van der Waals surface area contributed by atoms with Crippen LogP contribution in [-0.4, -0.2) is 47.4 Å². The predicted octanol–water partition coefficient (Wildman–Crippen LogP) is 2.99. The second-order valence-electron chi connectivity index (χ2n) is 6.13. The maximum absolute atomic E-state index is 8.74. The molecule has 102 valence electrons. The Hall–Kier alpha value is -0.120. The molecule has 2 rings (SSSR count). The molecular formula is C14H30N2O. The van der Waals surface area contributed by atoms with E-state index in [4.69, 9.17) is 5.21 Å². The van der Waals surface area contributed by atoms with Crippen LogP contribution in [0.1, 0.15) is 52.9 Å². The fourth-order valence-electron chi connectivity index (χ4n) is 2.53. The molecule has 0 radical (unpaired) electrons. The Bertz CT molecular complexity index is 200. The zero-order valence-corrected chi connectivity index (χ0v) is 12.1. The molecule has 2 saturated heterocycles. The lowest BCUT2D eigenvalue weighted by atomic mass is 9.81. The van der Waals surface area contributed by atoms with Gasteiger partial charge in [-0.25, -0.2) is 0 Å². The van der Waals surface area contributed by atoms with Crippen LogP contribution in [0.25, 0.3) is 0 Å². The molecule has 0 bridgehead atoms. The Balaban J connectivity index is 0.000000181. The maximum atomic E-state index is 8.74. The van der Waals surface area contributed by atoms with Crippen LogP contribution in [0.3, 0.4) is 0 Å². The van der Waals surface area contributed by atoms with Gasteiger partial charge in [0.2, 0.25) is 0 Å². The van der Waals surface area contributed by atoms with Crippen LogP contribution >= 0.6 is 0 Å². The van der Waals surface area contributed by atoms with Crippen LogP contribution in [0.2, 0.25) is 0 Å². The van der Waals surface area contributed by atoms with Crippen molar-refractivity contribution in [2.75, 3.05) is 26.7 Å². The predicted molar refractivity (Wildman–Crippen MR) is 72.3 cm³/mol. The molecule has 1 unspecified atom stereocenters. The largest absolute Gasteiger partial charge is 0.314 e. The molecule has 2 heterocycles. The van der Waals surface area contributed by atoms with Gasteiger partial charge in [0.15, 0.2) is 0 Å². The zero-order valence-electron chi connectivity index (χ0n) is 12.1. The van der Waals surface area contributed by atoms with E-state index in [1.165, 1.54) is 30.9 Å². The van der Waals surface area contributed by atoms with Crippen molar-refractivity contribution in [1.29, 1.82) is 0 Å². The summed E-state index contributed by atoms with van der Waals surface area (Å²) in [5.41, 5.74) is 0.429. The van der Waals surface area contributed by atoms with E-state index < -0.39 is 0 Å². The summed E-state index contributed by atoms with van der Waals surface area (Å²) in [6, 6.07) is 0. The average molecular weight is 242 g/mol. The monoisotopic (exact) mass is 242 g/mol. The fourth-order valence-corrected chi connectivity index (χ4v) is 2.53. The molecule has 1 N–H and O–H groups in total. The quantitative estimate of drug-likeness (QED) is 0.707. The SMILES string of the molecule is CC1CCCN(C)C1(C)C.ON1CCCCC1. The first-order valence-electron chi connectivity index (χ1n) is 7.09. The molecule has 0 aromatic rings. The molecule has 3 nitrogen and oxygen atoms in total. The van der Waals surface area contributed by atoms with Gasteiger partial charge in [0, 0.05) is 18.6 Å². The Morgan fingerprint density at radius 3 is 1.94 bits per heavy atom. The molecule has 0 aromatic heterocycles. The van der Waals surface area contributed by atoms with Gasteiger partial charge >= 0.3 is 0 Å². The summed E-state index contributed by atoms with van der Waals surface area (Å²) in [7, 11) is 2.23. The highest BCUT2D eigenvalue weighted by atomic mass is 16.5. The summed E-state index contributed by atoms with van der Waals surface area (Å²) < 4.78 is 0. The molecule has 0 aromatic carbocycles. The van der Waals surface area contributed by atoms with Crippen molar-refractivity contribution in [3.63, 3.8) is 0 Å². The van der Waals surface area contributed by atoms with Crippen molar-refractivity contribution >= 4 is 0 Å². The number of piperidine rings is 2. The third-order valence-corrected chi connectivity index (χ3v) is 4.65. The van der Waals surface area contributed by atoms with Gasteiger partial charge in [0.05, 0.1) is 0 Å². The standard InChI is InChI=1S/C9H19N.C5H11NO/c1-8-6-5-7-10(4)9(8,2)3;7-6-4-2-1-3-5-6/h8H,5-7H2,1-4H3;7H,1-5H2. The molecule has 2 aliphatic rings. The molecule has 2 aliphatic heterocycles. The fraction of sp³-hybridized carbons (Fsp3) is 1.00. The topological polar surface area (TPSA) is 26.7 Å². The van der Waals surface area contributed by atoms with Gasteiger partial charge in [-0.15, -0.1) is 0 Å². The number of hydroxylamine groups is 2. The van der Waals surface area contributed by atoms with Crippen molar-refractivity contribution < 1.29 is 5.21 Å². The first-order chi connectivity index (χ1) is 7.94. The number of hydrogen-bond acceptors (Lipinski definition) is 3. The number of hydrogen-bond donors (Lipinski definition) is 1. The van der Waals surface area contributed by atoms with E-state index >= 15 is 0 Å². The highest BCUT2D eigenvalue weighted by molar-refractivity contribution is 4.88. The van der Waals surface area contributed by atoms with Crippen molar-refractivity contribution in [3.8, 4) is 0 Å². The van der Waals surface area contributed by atoms with Gasteiger partial charge in [-0.05, 0) is 59.0 Å². The second kappa shape index (κ2) is 6.72. The third-order valence-electron chi connectivity index (χ3n) is 4.65. The molecule has 17 heavy (non-hydrogen) atoms. The van der Waals surface area contributed by atoms with Crippen LogP contribution < -0.4 is 0 Å². The van der Waals surface area contributed by atoms with Crippen LogP contribution in [-0.2, 0) is 0 Å². The number of rotatable bonds is 0. The minimum absolute atomic E-state index is 0.429. The smallest absolute Gasteiger partial charge is 0.0238 e. The van der Waals surface area contributed by atoms with Gasteiger partial charge in [0.1, 0.15) is 0 Å². The van der Waals surface area contributed by atoms with Crippen molar-refractivity contribution in [2.45, 2.75) is 58.4 Å². The van der Waals surface area contributed by atoms with Crippen molar-refractivity contribution in [1.82, 2.24) is 9.96 Å². The van der Waals surface area contributed by atoms with Crippen LogP contribution in [0, 0.1) is 5.92 Å². The summed E-state index contributed by atoms with van der Waals surface area (Å²) in [6.45, 7) is 10.1. The van der Waals surface area contributed by atoms with E-state index in [0.29, 0.717) is 5.54 Å². The van der Waals surface area contributed by atoms with Crippen molar-refractivity contribution in [2.24, 2.45) is 5.92 Å². The highest BCUT2D eigenvalue weighted by Gasteiger charge is 2.32. The molecule has 2 fully saturated rings. The normalized spacial score (nSPS) is 30.5. The second-order valence-corrected chi connectivity index (χ2v) is 6.13. The molecular weight excluding hydrogens is 212 g/mol. The van der Waals surface area contributed by atoms with Crippen molar-refractivity contribution in [3.05, 3.63) is 0 Å². The summed E-state index contributed by atoms with van der Waals surface area (Å²) in [4.78, 5) is 2.47. The van der Waals surface area contributed by atoms with Gasteiger partial charge < -0.3 is 10.1 Å². The Kier molecular flexibility index (Phi) is 5.90. The highest BCUT2D eigenvalue weighted by Crippen LogP contribution is 2.31. The first-order valence-corrected chi connectivity index (χ1v) is 7.09. The molecule has 1 atom stereocenters. The minimum atomic E-state index is 0.429.